The van der Waals surface area contributed by atoms with Crippen LogP contribution in [0.15, 0.2) is 0 Å². The summed E-state index contributed by atoms with van der Waals surface area (Å²) in [7, 11) is -2.78. The monoisotopic (exact) mass is 247 g/mol. The van der Waals surface area contributed by atoms with E-state index in [-0.39, 0.29) is 5.54 Å². The van der Waals surface area contributed by atoms with E-state index in [9.17, 15) is 8.42 Å². The van der Waals surface area contributed by atoms with E-state index in [1.165, 1.54) is 19.1 Å². The van der Waals surface area contributed by atoms with Crippen LogP contribution in [0.1, 0.15) is 46.5 Å². The molecule has 0 aromatic carbocycles. The fraction of sp³-hybridized carbons (Fsp3) is 1.00. The van der Waals surface area contributed by atoms with Crippen molar-refractivity contribution < 1.29 is 8.42 Å². The first-order chi connectivity index (χ1) is 7.12. The first kappa shape index (κ1) is 14.0. The molecule has 96 valence electrons. The SMILES string of the molecule is CC(C)(C)NCC1(CCCS(C)(=O)=O)CC1. The van der Waals surface area contributed by atoms with Crippen LogP contribution in [0.3, 0.4) is 0 Å². The van der Waals surface area contributed by atoms with Crippen molar-refractivity contribution in [1.29, 1.82) is 0 Å². The zero-order valence-electron chi connectivity index (χ0n) is 11.0. The first-order valence-electron chi connectivity index (χ1n) is 6.05. The summed E-state index contributed by atoms with van der Waals surface area (Å²) in [4.78, 5) is 0. The maximum absolute atomic E-state index is 11.0. The van der Waals surface area contributed by atoms with Crippen LogP contribution in [0, 0.1) is 5.41 Å². The van der Waals surface area contributed by atoms with Crippen molar-refractivity contribution in [1.82, 2.24) is 5.32 Å². The van der Waals surface area contributed by atoms with Crippen molar-refractivity contribution in [2.24, 2.45) is 5.41 Å². The van der Waals surface area contributed by atoms with Crippen molar-refractivity contribution >= 4 is 9.84 Å². The van der Waals surface area contributed by atoms with Crippen LogP contribution >= 0.6 is 0 Å². The highest BCUT2D eigenvalue weighted by Crippen LogP contribution is 2.49. The highest BCUT2D eigenvalue weighted by atomic mass is 32.2. The Morgan fingerprint density at radius 2 is 1.81 bits per heavy atom. The molecule has 4 heteroatoms. The number of rotatable bonds is 6. The molecule has 0 spiro atoms. The highest BCUT2D eigenvalue weighted by molar-refractivity contribution is 7.90. The van der Waals surface area contributed by atoms with Gasteiger partial charge in [0, 0.05) is 24.1 Å². The summed E-state index contributed by atoms with van der Waals surface area (Å²) in [5, 5.41) is 3.52. The average Bonchev–Trinajstić information content (AvgIpc) is 2.79. The molecular weight excluding hydrogens is 222 g/mol. The first-order valence-corrected chi connectivity index (χ1v) is 8.11. The highest BCUT2D eigenvalue weighted by Gasteiger charge is 2.42. The van der Waals surface area contributed by atoms with E-state index < -0.39 is 9.84 Å². The van der Waals surface area contributed by atoms with E-state index in [2.05, 4.69) is 26.1 Å². The molecule has 0 aromatic rings. The summed E-state index contributed by atoms with van der Waals surface area (Å²) >= 11 is 0. The van der Waals surface area contributed by atoms with Gasteiger partial charge < -0.3 is 5.32 Å². The van der Waals surface area contributed by atoms with Gasteiger partial charge in [-0.2, -0.15) is 0 Å². The second kappa shape index (κ2) is 4.65. The molecule has 3 nitrogen and oxygen atoms in total. The lowest BCUT2D eigenvalue weighted by molar-refractivity contribution is 0.342. The number of nitrogens with one attached hydrogen (secondary N) is 1. The van der Waals surface area contributed by atoms with E-state index >= 15 is 0 Å². The van der Waals surface area contributed by atoms with Crippen LogP contribution in [0.25, 0.3) is 0 Å². The smallest absolute Gasteiger partial charge is 0.147 e. The molecule has 0 saturated heterocycles. The third kappa shape index (κ3) is 5.85. The standard InChI is InChI=1S/C12H25NO2S/c1-11(2,3)13-10-12(7-8-12)6-5-9-16(4,14)15/h13H,5-10H2,1-4H3. The van der Waals surface area contributed by atoms with E-state index in [0.29, 0.717) is 11.2 Å². The van der Waals surface area contributed by atoms with Gasteiger partial charge in [-0.3, -0.25) is 0 Å². The Balaban J connectivity index is 2.26. The summed E-state index contributed by atoms with van der Waals surface area (Å²) in [5.74, 6) is 0.338. The molecule has 0 amide bonds. The average molecular weight is 247 g/mol. The molecular formula is C12H25NO2S. The molecule has 0 bridgehead atoms. The Hall–Kier alpha value is -0.0900. The molecule has 1 aliphatic carbocycles. The number of hydrogen-bond donors (Lipinski definition) is 1. The summed E-state index contributed by atoms with van der Waals surface area (Å²) in [6, 6.07) is 0. The van der Waals surface area contributed by atoms with Gasteiger partial charge in [0.25, 0.3) is 0 Å². The van der Waals surface area contributed by atoms with E-state index in [0.717, 1.165) is 19.4 Å². The Morgan fingerprint density at radius 1 is 1.25 bits per heavy atom. The zero-order valence-corrected chi connectivity index (χ0v) is 11.8. The molecule has 0 atom stereocenters. The second-order valence-electron chi connectivity index (χ2n) is 6.34. The third-order valence-corrected chi connectivity index (χ3v) is 4.20. The van der Waals surface area contributed by atoms with Gasteiger partial charge in [0.05, 0.1) is 0 Å². The van der Waals surface area contributed by atoms with Crippen LogP contribution in [0.2, 0.25) is 0 Å². The minimum absolute atomic E-state index is 0.159. The maximum Gasteiger partial charge on any atom is 0.147 e. The van der Waals surface area contributed by atoms with Crippen molar-refractivity contribution in [2.75, 3.05) is 18.6 Å². The van der Waals surface area contributed by atoms with Crippen molar-refractivity contribution in [3.63, 3.8) is 0 Å². The van der Waals surface area contributed by atoms with Gasteiger partial charge in [0.15, 0.2) is 0 Å². The Labute approximate surface area is 99.9 Å². The molecule has 1 rings (SSSR count). The van der Waals surface area contributed by atoms with Crippen LogP contribution in [-0.2, 0) is 9.84 Å². The van der Waals surface area contributed by atoms with E-state index in [4.69, 9.17) is 0 Å². The van der Waals surface area contributed by atoms with Crippen molar-refractivity contribution in [3.05, 3.63) is 0 Å². The summed E-state index contributed by atoms with van der Waals surface area (Å²) in [5.41, 5.74) is 0.560. The van der Waals surface area contributed by atoms with Gasteiger partial charge >= 0.3 is 0 Å². The third-order valence-electron chi connectivity index (χ3n) is 3.17. The summed E-state index contributed by atoms with van der Waals surface area (Å²) < 4.78 is 22.1. The number of sulfone groups is 1. The molecule has 0 radical (unpaired) electrons. The fourth-order valence-electron chi connectivity index (χ4n) is 1.85. The van der Waals surface area contributed by atoms with E-state index in [1.807, 2.05) is 0 Å². The van der Waals surface area contributed by atoms with Gasteiger partial charge in [-0.15, -0.1) is 0 Å². The lowest BCUT2D eigenvalue weighted by atomic mass is 9.99. The normalized spacial score (nSPS) is 19.8. The van der Waals surface area contributed by atoms with Gasteiger partial charge in [-0.25, -0.2) is 8.42 Å². The Bertz CT molecular complexity index is 323. The molecule has 1 saturated carbocycles. The van der Waals surface area contributed by atoms with Crippen LogP contribution in [-0.4, -0.2) is 32.5 Å². The molecule has 0 unspecified atom stereocenters. The predicted molar refractivity (Wildman–Crippen MR) is 68.4 cm³/mol. The Morgan fingerprint density at radius 3 is 2.19 bits per heavy atom. The quantitative estimate of drug-likeness (QED) is 0.780. The maximum atomic E-state index is 11.0. The molecule has 1 fully saturated rings. The topological polar surface area (TPSA) is 46.2 Å². The molecule has 16 heavy (non-hydrogen) atoms. The summed E-state index contributed by atoms with van der Waals surface area (Å²) in [6.45, 7) is 7.53. The van der Waals surface area contributed by atoms with Crippen LogP contribution in [0.5, 0.6) is 0 Å². The van der Waals surface area contributed by atoms with Crippen molar-refractivity contribution in [3.8, 4) is 0 Å². The Kier molecular flexibility index (Phi) is 4.06. The van der Waals surface area contributed by atoms with E-state index in [1.54, 1.807) is 0 Å². The molecule has 0 aromatic heterocycles. The lowest BCUT2D eigenvalue weighted by Gasteiger charge is -2.25. The predicted octanol–water partition coefficient (Wildman–Crippen LogP) is 1.98. The zero-order chi connectivity index (χ0) is 12.4. The van der Waals surface area contributed by atoms with Crippen LogP contribution in [0.4, 0.5) is 0 Å². The molecule has 0 aliphatic heterocycles. The van der Waals surface area contributed by atoms with Crippen LogP contribution < -0.4 is 5.32 Å². The minimum atomic E-state index is -2.78. The van der Waals surface area contributed by atoms with Gasteiger partial charge in [0.1, 0.15) is 9.84 Å². The molecule has 0 heterocycles. The van der Waals surface area contributed by atoms with Gasteiger partial charge in [-0.05, 0) is 51.9 Å². The largest absolute Gasteiger partial charge is 0.312 e. The molecule has 1 aliphatic rings. The number of hydrogen-bond acceptors (Lipinski definition) is 3. The second-order valence-corrected chi connectivity index (χ2v) is 8.60. The van der Waals surface area contributed by atoms with Crippen molar-refractivity contribution in [2.45, 2.75) is 52.0 Å². The minimum Gasteiger partial charge on any atom is -0.312 e. The van der Waals surface area contributed by atoms with Gasteiger partial charge in [0.2, 0.25) is 0 Å². The molecule has 1 N–H and O–H groups in total. The fourth-order valence-corrected chi connectivity index (χ4v) is 2.52. The lowest BCUT2D eigenvalue weighted by Crippen LogP contribution is -2.39. The van der Waals surface area contributed by atoms with Gasteiger partial charge in [-0.1, -0.05) is 0 Å². The summed E-state index contributed by atoms with van der Waals surface area (Å²) in [6.07, 6.45) is 5.67.